The van der Waals surface area contributed by atoms with E-state index in [9.17, 15) is 0 Å². The monoisotopic (exact) mass is 297 g/mol. The van der Waals surface area contributed by atoms with Gasteiger partial charge in [-0.25, -0.2) is 4.98 Å². The van der Waals surface area contributed by atoms with Gasteiger partial charge in [0.1, 0.15) is 5.03 Å². The van der Waals surface area contributed by atoms with Crippen LogP contribution in [-0.4, -0.2) is 14.4 Å². The summed E-state index contributed by atoms with van der Waals surface area (Å²) in [5.74, 6) is 0.577. The molecule has 1 aromatic carbocycles. The van der Waals surface area contributed by atoms with Crippen LogP contribution in [0.2, 0.25) is 0 Å². The minimum atomic E-state index is 0.577. The highest BCUT2D eigenvalue weighted by atomic mass is 32.2. The fourth-order valence-electron chi connectivity index (χ4n) is 2.28. The van der Waals surface area contributed by atoms with E-state index in [4.69, 9.17) is 0 Å². The van der Waals surface area contributed by atoms with Crippen molar-refractivity contribution in [3.63, 3.8) is 0 Å². The van der Waals surface area contributed by atoms with Crippen molar-refractivity contribution in [2.24, 2.45) is 5.92 Å². The molecule has 0 bridgehead atoms. The van der Waals surface area contributed by atoms with Crippen LogP contribution >= 0.6 is 11.8 Å². The first-order valence-corrected chi connectivity index (χ1v) is 8.00. The normalized spacial score (nSPS) is 11.4. The van der Waals surface area contributed by atoms with E-state index in [1.807, 2.05) is 18.6 Å². The average Bonchev–Trinajstić information content (AvgIpc) is 2.93. The van der Waals surface area contributed by atoms with E-state index in [2.05, 4.69) is 59.4 Å². The predicted molar refractivity (Wildman–Crippen MR) is 86.8 cm³/mol. The summed E-state index contributed by atoms with van der Waals surface area (Å²) in [5.41, 5.74) is 3.32. The summed E-state index contributed by atoms with van der Waals surface area (Å²) in [6.45, 7) is 6.51. The van der Waals surface area contributed by atoms with E-state index < -0.39 is 0 Å². The van der Waals surface area contributed by atoms with Crippen LogP contribution in [0.15, 0.2) is 52.8 Å². The van der Waals surface area contributed by atoms with Gasteiger partial charge in [0.15, 0.2) is 5.65 Å². The Kier molecular flexibility index (Phi) is 3.97. The zero-order valence-corrected chi connectivity index (χ0v) is 13.4. The third kappa shape index (κ3) is 3.10. The van der Waals surface area contributed by atoms with Crippen molar-refractivity contribution in [3.8, 4) is 0 Å². The molecule has 0 atom stereocenters. The van der Waals surface area contributed by atoms with Crippen molar-refractivity contribution in [3.05, 3.63) is 54.1 Å². The molecule has 3 aromatic rings. The van der Waals surface area contributed by atoms with Crippen LogP contribution in [0.25, 0.3) is 5.65 Å². The van der Waals surface area contributed by atoms with E-state index in [-0.39, 0.29) is 0 Å². The highest BCUT2D eigenvalue weighted by molar-refractivity contribution is 7.99. The standard InChI is InChI=1S/C17H19N3S/c1-12(2)10-15-17-18-8-9-20(17)16(11-19-15)21-14-6-4-13(3)5-7-14/h4-9,11-12H,10H2,1-3H3. The van der Waals surface area contributed by atoms with Crippen molar-refractivity contribution in [2.75, 3.05) is 0 Å². The lowest BCUT2D eigenvalue weighted by atomic mass is 10.1. The van der Waals surface area contributed by atoms with Gasteiger partial charge < -0.3 is 0 Å². The molecule has 0 unspecified atom stereocenters. The third-order valence-corrected chi connectivity index (χ3v) is 4.33. The van der Waals surface area contributed by atoms with E-state index in [1.54, 1.807) is 11.8 Å². The first-order chi connectivity index (χ1) is 10.1. The Morgan fingerprint density at radius 2 is 1.90 bits per heavy atom. The minimum absolute atomic E-state index is 0.577. The summed E-state index contributed by atoms with van der Waals surface area (Å²) >= 11 is 1.72. The number of aromatic nitrogens is 3. The molecular formula is C17H19N3S. The van der Waals surface area contributed by atoms with Crippen LogP contribution < -0.4 is 0 Å². The van der Waals surface area contributed by atoms with Crippen molar-refractivity contribution < 1.29 is 0 Å². The number of rotatable bonds is 4. The molecule has 0 spiro atoms. The molecule has 0 aliphatic carbocycles. The Morgan fingerprint density at radius 3 is 2.62 bits per heavy atom. The van der Waals surface area contributed by atoms with Crippen molar-refractivity contribution in [1.82, 2.24) is 14.4 Å². The average molecular weight is 297 g/mol. The van der Waals surface area contributed by atoms with Crippen molar-refractivity contribution in [1.29, 1.82) is 0 Å². The second-order valence-electron chi connectivity index (χ2n) is 5.68. The molecule has 2 heterocycles. The number of nitrogens with zero attached hydrogens (tertiary/aromatic N) is 3. The molecule has 108 valence electrons. The SMILES string of the molecule is Cc1ccc(Sc2cnc(CC(C)C)c3nccn23)cc1. The summed E-state index contributed by atoms with van der Waals surface area (Å²) < 4.78 is 2.13. The highest BCUT2D eigenvalue weighted by Crippen LogP contribution is 2.28. The minimum Gasteiger partial charge on any atom is -0.291 e. The fraction of sp³-hybridized carbons (Fsp3) is 0.294. The lowest BCUT2D eigenvalue weighted by molar-refractivity contribution is 0.633. The van der Waals surface area contributed by atoms with Gasteiger partial charge in [-0.05, 0) is 31.4 Å². The van der Waals surface area contributed by atoms with Gasteiger partial charge >= 0.3 is 0 Å². The largest absolute Gasteiger partial charge is 0.291 e. The van der Waals surface area contributed by atoms with Gasteiger partial charge in [-0.15, -0.1) is 0 Å². The third-order valence-electron chi connectivity index (χ3n) is 3.31. The summed E-state index contributed by atoms with van der Waals surface area (Å²) in [4.78, 5) is 10.3. The highest BCUT2D eigenvalue weighted by Gasteiger charge is 2.10. The zero-order chi connectivity index (χ0) is 14.8. The number of benzene rings is 1. The van der Waals surface area contributed by atoms with E-state index in [1.165, 1.54) is 10.5 Å². The molecule has 0 saturated carbocycles. The predicted octanol–water partition coefficient (Wildman–Crippen LogP) is 4.39. The van der Waals surface area contributed by atoms with Gasteiger partial charge in [-0.3, -0.25) is 9.38 Å². The molecule has 0 aliphatic heterocycles. The van der Waals surface area contributed by atoms with Crippen LogP contribution in [0.3, 0.4) is 0 Å². The number of imidazole rings is 1. The Labute approximate surface area is 129 Å². The second-order valence-corrected chi connectivity index (χ2v) is 6.77. The molecule has 0 fully saturated rings. The lowest BCUT2D eigenvalue weighted by Gasteiger charge is -2.09. The Bertz CT molecular complexity index is 744. The van der Waals surface area contributed by atoms with Crippen LogP contribution in [0, 0.1) is 12.8 Å². The number of hydrogen-bond donors (Lipinski definition) is 0. The maximum Gasteiger partial charge on any atom is 0.159 e. The summed E-state index contributed by atoms with van der Waals surface area (Å²) in [7, 11) is 0. The van der Waals surface area contributed by atoms with Gasteiger partial charge in [0.05, 0.1) is 11.9 Å². The molecular weight excluding hydrogens is 278 g/mol. The van der Waals surface area contributed by atoms with Gasteiger partial charge in [0, 0.05) is 17.3 Å². The quantitative estimate of drug-likeness (QED) is 0.715. The van der Waals surface area contributed by atoms with E-state index >= 15 is 0 Å². The number of fused-ring (bicyclic) bond motifs is 1. The Balaban J connectivity index is 1.96. The zero-order valence-electron chi connectivity index (χ0n) is 12.6. The Morgan fingerprint density at radius 1 is 1.14 bits per heavy atom. The maximum absolute atomic E-state index is 4.63. The van der Waals surface area contributed by atoms with Crippen LogP contribution in [0.4, 0.5) is 0 Å². The smallest absolute Gasteiger partial charge is 0.159 e. The van der Waals surface area contributed by atoms with Crippen molar-refractivity contribution >= 4 is 17.4 Å². The molecule has 0 N–H and O–H groups in total. The van der Waals surface area contributed by atoms with Crippen LogP contribution in [0.5, 0.6) is 0 Å². The van der Waals surface area contributed by atoms with E-state index in [0.717, 1.165) is 22.8 Å². The van der Waals surface area contributed by atoms with Crippen LogP contribution in [-0.2, 0) is 6.42 Å². The first kappa shape index (κ1) is 14.1. The fourth-order valence-corrected chi connectivity index (χ4v) is 3.15. The summed E-state index contributed by atoms with van der Waals surface area (Å²) in [6, 6.07) is 8.55. The van der Waals surface area contributed by atoms with Crippen molar-refractivity contribution in [2.45, 2.75) is 37.1 Å². The summed E-state index contributed by atoms with van der Waals surface area (Å²) in [5, 5.41) is 1.10. The van der Waals surface area contributed by atoms with Crippen LogP contribution in [0.1, 0.15) is 25.1 Å². The summed E-state index contributed by atoms with van der Waals surface area (Å²) in [6.07, 6.45) is 6.77. The van der Waals surface area contributed by atoms with E-state index in [0.29, 0.717) is 5.92 Å². The molecule has 3 nitrogen and oxygen atoms in total. The first-order valence-electron chi connectivity index (χ1n) is 7.19. The molecule has 0 aliphatic rings. The molecule has 0 radical (unpaired) electrons. The van der Waals surface area contributed by atoms with Gasteiger partial charge in [-0.1, -0.05) is 43.3 Å². The lowest BCUT2D eigenvalue weighted by Crippen LogP contribution is -2.02. The molecule has 0 saturated heterocycles. The number of hydrogen-bond acceptors (Lipinski definition) is 3. The molecule has 0 amide bonds. The van der Waals surface area contributed by atoms with Gasteiger partial charge in [-0.2, -0.15) is 0 Å². The molecule has 21 heavy (non-hydrogen) atoms. The van der Waals surface area contributed by atoms with Gasteiger partial charge in [0.2, 0.25) is 0 Å². The number of aryl methyl sites for hydroxylation is 1. The second kappa shape index (κ2) is 5.90. The molecule has 2 aromatic heterocycles. The topological polar surface area (TPSA) is 30.2 Å². The van der Waals surface area contributed by atoms with Gasteiger partial charge in [0.25, 0.3) is 0 Å². The Hall–Kier alpha value is -1.81. The molecule has 4 heteroatoms. The molecule has 3 rings (SSSR count). The maximum atomic E-state index is 4.63.